The Labute approximate surface area is 194 Å². The van der Waals surface area contributed by atoms with E-state index >= 15 is 0 Å². The van der Waals surface area contributed by atoms with E-state index in [1.807, 2.05) is 6.07 Å². The van der Waals surface area contributed by atoms with Crippen molar-refractivity contribution in [3.05, 3.63) is 76.2 Å². The predicted octanol–water partition coefficient (Wildman–Crippen LogP) is 4.32. The maximum absolute atomic E-state index is 13.2. The van der Waals surface area contributed by atoms with Gasteiger partial charge in [0.05, 0.1) is 5.92 Å². The van der Waals surface area contributed by atoms with E-state index in [1.54, 1.807) is 24.3 Å². The molecule has 4 aromatic rings. The van der Waals surface area contributed by atoms with Crippen LogP contribution in [0.3, 0.4) is 0 Å². The molecule has 1 unspecified atom stereocenters. The normalized spacial score (nSPS) is 16.6. The van der Waals surface area contributed by atoms with Gasteiger partial charge in [-0.2, -0.15) is 4.98 Å². The largest absolute Gasteiger partial charge is 0.423 e. The number of aromatic nitrogens is 2. The van der Waals surface area contributed by atoms with Crippen LogP contribution in [0.4, 0.5) is 10.1 Å². The summed E-state index contributed by atoms with van der Waals surface area (Å²) in [6, 6.07) is 12.8. The summed E-state index contributed by atoms with van der Waals surface area (Å²) in [6.07, 6.45) is 1.87. The Morgan fingerprint density at radius 1 is 1.21 bits per heavy atom. The maximum Gasteiger partial charge on any atom is 0.336 e. The lowest BCUT2D eigenvalue weighted by Crippen LogP contribution is -2.34. The van der Waals surface area contributed by atoms with E-state index in [9.17, 15) is 14.0 Å². The minimum Gasteiger partial charge on any atom is -0.423 e. The summed E-state index contributed by atoms with van der Waals surface area (Å²) < 4.78 is 24.1. The molecule has 0 bridgehead atoms. The summed E-state index contributed by atoms with van der Waals surface area (Å²) in [7, 11) is 0. The highest BCUT2D eigenvalue weighted by Crippen LogP contribution is 2.30. The number of fused-ring (bicyclic) bond motifs is 1. The van der Waals surface area contributed by atoms with Gasteiger partial charge in [-0.05, 0) is 61.3 Å². The van der Waals surface area contributed by atoms with Crippen molar-refractivity contribution in [1.29, 1.82) is 0 Å². The average Bonchev–Trinajstić information content (AvgIpc) is 3.29. The van der Waals surface area contributed by atoms with Gasteiger partial charge in [-0.15, -0.1) is 0 Å². The summed E-state index contributed by atoms with van der Waals surface area (Å²) >= 11 is 0. The fraction of sp³-hybridized carbons (Fsp3) is 0.280. The van der Waals surface area contributed by atoms with E-state index in [2.05, 4.69) is 20.4 Å². The molecule has 0 radical (unpaired) electrons. The molecule has 2 aromatic carbocycles. The molecule has 3 heterocycles. The van der Waals surface area contributed by atoms with Gasteiger partial charge in [-0.1, -0.05) is 5.16 Å². The van der Waals surface area contributed by atoms with Crippen molar-refractivity contribution in [2.24, 2.45) is 0 Å². The van der Waals surface area contributed by atoms with Crippen LogP contribution >= 0.6 is 0 Å². The molecule has 1 N–H and O–H groups in total. The van der Waals surface area contributed by atoms with Crippen molar-refractivity contribution >= 4 is 22.6 Å². The van der Waals surface area contributed by atoms with Gasteiger partial charge in [0.2, 0.25) is 17.6 Å². The minimum absolute atomic E-state index is 0.0632. The molecule has 174 valence electrons. The second kappa shape index (κ2) is 9.18. The van der Waals surface area contributed by atoms with Crippen LogP contribution in [-0.2, 0) is 11.3 Å². The molecule has 1 aliphatic heterocycles. The van der Waals surface area contributed by atoms with Gasteiger partial charge < -0.3 is 14.3 Å². The molecule has 2 aromatic heterocycles. The van der Waals surface area contributed by atoms with Crippen LogP contribution in [0.2, 0.25) is 0 Å². The first kappa shape index (κ1) is 22.0. The molecule has 1 fully saturated rings. The van der Waals surface area contributed by atoms with Gasteiger partial charge in [0.1, 0.15) is 11.4 Å². The second-order valence-electron chi connectivity index (χ2n) is 8.52. The number of nitrogens with zero attached hydrogens (tertiary/aromatic N) is 3. The van der Waals surface area contributed by atoms with Crippen LogP contribution < -0.4 is 10.9 Å². The Kier molecular flexibility index (Phi) is 5.93. The summed E-state index contributed by atoms with van der Waals surface area (Å²) in [5, 5.41) is 7.60. The smallest absolute Gasteiger partial charge is 0.336 e. The monoisotopic (exact) mass is 462 g/mol. The number of benzene rings is 2. The average molecular weight is 462 g/mol. The van der Waals surface area contributed by atoms with Crippen LogP contribution in [0.15, 0.2) is 62.3 Å². The molecule has 34 heavy (non-hydrogen) atoms. The minimum atomic E-state index is -0.433. The molecule has 8 nitrogen and oxygen atoms in total. The number of halogens is 1. The molecule has 0 aliphatic carbocycles. The molecule has 0 saturated carbocycles. The molecule has 1 amide bonds. The number of likely N-dealkylation sites (tertiary alicyclic amines) is 1. The lowest BCUT2D eigenvalue weighted by atomic mass is 9.97. The number of amides is 1. The lowest BCUT2D eigenvalue weighted by Gasteiger charge is -2.31. The van der Waals surface area contributed by atoms with E-state index in [0.29, 0.717) is 41.6 Å². The highest BCUT2D eigenvalue weighted by Gasteiger charge is 2.27. The maximum atomic E-state index is 13.2. The standard InChI is InChI=1S/C25H23FN4O4/c1-15(31)27-20-8-9-21-18(11-23(32)33-22(21)12-20)14-30-10-2-3-17(13-30)25-28-24(29-34-25)16-4-6-19(26)7-5-16/h4-9,11-12,17H,2-3,10,13-14H2,1H3,(H,27,31). The Hall–Kier alpha value is -3.85. The number of carbonyl (C=O) groups excluding carboxylic acids is 1. The fourth-order valence-corrected chi connectivity index (χ4v) is 4.40. The highest BCUT2D eigenvalue weighted by molar-refractivity contribution is 5.92. The predicted molar refractivity (Wildman–Crippen MR) is 124 cm³/mol. The zero-order valence-electron chi connectivity index (χ0n) is 18.6. The Bertz CT molecular complexity index is 1400. The Morgan fingerprint density at radius 3 is 2.82 bits per heavy atom. The van der Waals surface area contributed by atoms with E-state index in [1.165, 1.54) is 25.1 Å². The van der Waals surface area contributed by atoms with Gasteiger partial charge in [-0.3, -0.25) is 9.69 Å². The molecular weight excluding hydrogens is 439 g/mol. The van der Waals surface area contributed by atoms with E-state index in [4.69, 9.17) is 8.94 Å². The van der Waals surface area contributed by atoms with Crippen molar-refractivity contribution in [2.45, 2.75) is 32.2 Å². The SMILES string of the molecule is CC(=O)Nc1ccc2c(CN3CCCC(c4nc(-c5ccc(F)cc5)no4)C3)cc(=O)oc2c1. The second-order valence-corrected chi connectivity index (χ2v) is 8.52. The Balaban J connectivity index is 1.34. The molecule has 1 saturated heterocycles. The van der Waals surface area contributed by atoms with Crippen molar-refractivity contribution in [3.63, 3.8) is 0 Å². The summed E-state index contributed by atoms with van der Waals surface area (Å²) in [6.45, 7) is 3.57. The number of nitrogens with one attached hydrogen (secondary N) is 1. The van der Waals surface area contributed by atoms with Crippen LogP contribution in [0.1, 0.15) is 37.1 Å². The van der Waals surface area contributed by atoms with Gasteiger partial charge >= 0.3 is 5.63 Å². The van der Waals surface area contributed by atoms with E-state index in [-0.39, 0.29) is 17.6 Å². The van der Waals surface area contributed by atoms with Gasteiger partial charge in [0.15, 0.2) is 0 Å². The van der Waals surface area contributed by atoms with Crippen molar-refractivity contribution in [3.8, 4) is 11.4 Å². The van der Waals surface area contributed by atoms with Gasteiger partial charge in [0, 0.05) is 48.8 Å². The van der Waals surface area contributed by atoms with Crippen molar-refractivity contribution in [2.75, 3.05) is 18.4 Å². The number of hydrogen-bond acceptors (Lipinski definition) is 7. The third-order valence-electron chi connectivity index (χ3n) is 5.94. The quantitative estimate of drug-likeness (QED) is 0.441. The highest BCUT2D eigenvalue weighted by atomic mass is 19.1. The first-order chi connectivity index (χ1) is 16.4. The number of rotatable bonds is 5. The first-order valence-electron chi connectivity index (χ1n) is 11.1. The van der Waals surface area contributed by atoms with Crippen molar-refractivity contribution < 1.29 is 18.1 Å². The summed E-state index contributed by atoms with van der Waals surface area (Å²) in [5.74, 6) is 0.549. The summed E-state index contributed by atoms with van der Waals surface area (Å²) in [5.41, 5.74) is 2.13. The van der Waals surface area contributed by atoms with Crippen molar-refractivity contribution in [1.82, 2.24) is 15.0 Å². The fourth-order valence-electron chi connectivity index (χ4n) is 4.40. The van der Waals surface area contributed by atoms with E-state index < -0.39 is 5.63 Å². The number of anilines is 1. The molecule has 9 heteroatoms. The van der Waals surface area contributed by atoms with Crippen LogP contribution in [0.25, 0.3) is 22.4 Å². The number of carbonyl (C=O) groups is 1. The topological polar surface area (TPSA) is 101 Å². The van der Waals surface area contributed by atoms with Gasteiger partial charge in [-0.25, -0.2) is 9.18 Å². The molecule has 1 aliphatic rings. The van der Waals surface area contributed by atoms with Crippen LogP contribution in [-0.4, -0.2) is 34.0 Å². The zero-order valence-corrected chi connectivity index (χ0v) is 18.6. The molecule has 5 rings (SSSR count). The lowest BCUT2D eigenvalue weighted by molar-refractivity contribution is -0.114. The van der Waals surface area contributed by atoms with Crippen LogP contribution in [0.5, 0.6) is 0 Å². The molecular formula is C25H23FN4O4. The first-order valence-corrected chi connectivity index (χ1v) is 11.1. The van der Waals surface area contributed by atoms with Gasteiger partial charge in [0.25, 0.3) is 0 Å². The number of piperidine rings is 1. The third-order valence-corrected chi connectivity index (χ3v) is 5.94. The van der Waals surface area contributed by atoms with E-state index in [0.717, 1.165) is 30.3 Å². The third kappa shape index (κ3) is 4.74. The van der Waals surface area contributed by atoms with Crippen LogP contribution in [0, 0.1) is 5.82 Å². The summed E-state index contributed by atoms with van der Waals surface area (Å²) in [4.78, 5) is 30.3. The molecule has 0 spiro atoms. The Morgan fingerprint density at radius 2 is 2.03 bits per heavy atom. The number of hydrogen-bond donors (Lipinski definition) is 1. The zero-order chi connectivity index (χ0) is 23.7. The molecule has 1 atom stereocenters.